The predicted molar refractivity (Wildman–Crippen MR) is 114 cm³/mol. The van der Waals surface area contributed by atoms with Gasteiger partial charge in [0, 0.05) is 10.7 Å². The van der Waals surface area contributed by atoms with Gasteiger partial charge in [0.2, 0.25) is 0 Å². The molecule has 0 saturated heterocycles. The summed E-state index contributed by atoms with van der Waals surface area (Å²) < 4.78 is 28.4. The van der Waals surface area contributed by atoms with Crippen LogP contribution in [0, 0.1) is 0 Å². The Morgan fingerprint density at radius 3 is 2.07 bits per heavy atom. The molecule has 0 fully saturated rings. The molecule has 2 aromatic carbocycles. The lowest BCUT2D eigenvalue weighted by Gasteiger charge is -2.13. The molecule has 0 saturated carbocycles. The Morgan fingerprint density at radius 2 is 1.46 bits per heavy atom. The van der Waals surface area contributed by atoms with Crippen LogP contribution in [0.5, 0.6) is 0 Å². The lowest BCUT2D eigenvalue weighted by molar-refractivity contribution is 0.603. The number of halogens is 2. The molecule has 2 aromatic heterocycles. The standard InChI is InChI=1S/C18H12Cl2N4O2S2/c19-11-5-7-12(8-6-11)21-17-18(23-14-4-2-1-3-13(14)22-17)24-28(25,26)16-10-9-15(20)27-16/h1-10H,(H,21,22)(H,23,24). The van der Waals surface area contributed by atoms with E-state index in [9.17, 15) is 8.42 Å². The first-order valence-electron chi connectivity index (χ1n) is 7.98. The maximum atomic E-state index is 12.7. The molecule has 0 bridgehead atoms. The number of benzene rings is 2. The van der Waals surface area contributed by atoms with Crippen molar-refractivity contribution in [3.05, 3.63) is 70.0 Å². The van der Waals surface area contributed by atoms with Crippen LogP contribution in [-0.2, 0) is 10.0 Å². The molecule has 10 heteroatoms. The molecule has 0 aliphatic heterocycles. The summed E-state index contributed by atoms with van der Waals surface area (Å²) in [5, 5.41) is 3.68. The molecule has 0 aliphatic rings. The fraction of sp³-hybridized carbons (Fsp3) is 0. The molecule has 28 heavy (non-hydrogen) atoms. The molecule has 0 atom stereocenters. The van der Waals surface area contributed by atoms with Gasteiger partial charge in [-0.25, -0.2) is 18.4 Å². The highest BCUT2D eigenvalue weighted by Crippen LogP contribution is 2.30. The van der Waals surface area contributed by atoms with Crippen molar-refractivity contribution in [1.82, 2.24) is 9.97 Å². The average molecular weight is 451 g/mol. The van der Waals surface area contributed by atoms with E-state index in [1.807, 2.05) is 6.07 Å². The van der Waals surface area contributed by atoms with Crippen molar-refractivity contribution < 1.29 is 8.42 Å². The molecule has 142 valence electrons. The van der Waals surface area contributed by atoms with Crippen LogP contribution >= 0.6 is 34.5 Å². The zero-order chi connectivity index (χ0) is 19.7. The molecule has 6 nitrogen and oxygen atoms in total. The molecule has 0 spiro atoms. The van der Waals surface area contributed by atoms with Crippen molar-refractivity contribution in [3.8, 4) is 0 Å². The van der Waals surface area contributed by atoms with E-state index < -0.39 is 10.0 Å². The number of nitrogens with one attached hydrogen (secondary N) is 2. The van der Waals surface area contributed by atoms with Crippen molar-refractivity contribution in [2.24, 2.45) is 0 Å². The lowest BCUT2D eigenvalue weighted by atomic mass is 10.3. The van der Waals surface area contributed by atoms with Gasteiger partial charge < -0.3 is 5.32 Å². The molecule has 2 heterocycles. The number of anilines is 3. The fourth-order valence-corrected chi connectivity index (χ4v) is 5.07. The zero-order valence-electron chi connectivity index (χ0n) is 14.1. The normalized spacial score (nSPS) is 11.5. The Bertz CT molecular complexity index is 1260. The molecule has 0 aliphatic carbocycles. The largest absolute Gasteiger partial charge is 0.337 e. The molecular weight excluding hydrogens is 439 g/mol. The van der Waals surface area contributed by atoms with Gasteiger partial charge in [-0.2, -0.15) is 0 Å². The van der Waals surface area contributed by atoms with Gasteiger partial charge in [0.05, 0.1) is 15.4 Å². The smallest absolute Gasteiger partial charge is 0.272 e. The van der Waals surface area contributed by atoms with E-state index in [1.165, 1.54) is 12.1 Å². The van der Waals surface area contributed by atoms with Crippen LogP contribution in [0.15, 0.2) is 64.9 Å². The van der Waals surface area contributed by atoms with Crippen LogP contribution in [0.3, 0.4) is 0 Å². The van der Waals surface area contributed by atoms with Gasteiger partial charge in [0.1, 0.15) is 4.21 Å². The minimum absolute atomic E-state index is 0.0816. The predicted octanol–water partition coefficient (Wildman–Crippen LogP) is 5.54. The van der Waals surface area contributed by atoms with Gasteiger partial charge >= 0.3 is 0 Å². The summed E-state index contributed by atoms with van der Waals surface area (Å²) in [6.45, 7) is 0. The maximum Gasteiger partial charge on any atom is 0.272 e. The number of hydrogen-bond acceptors (Lipinski definition) is 6. The topological polar surface area (TPSA) is 84.0 Å². The molecule has 4 aromatic rings. The lowest BCUT2D eigenvalue weighted by Crippen LogP contribution is -2.15. The van der Waals surface area contributed by atoms with Crippen molar-refractivity contribution >= 4 is 72.9 Å². The highest BCUT2D eigenvalue weighted by Gasteiger charge is 2.20. The van der Waals surface area contributed by atoms with Gasteiger partial charge in [-0.15, -0.1) is 11.3 Å². The second-order valence-electron chi connectivity index (χ2n) is 5.71. The minimum atomic E-state index is -3.86. The first kappa shape index (κ1) is 18.9. The van der Waals surface area contributed by atoms with Crippen molar-refractivity contribution in [2.75, 3.05) is 10.0 Å². The van der Waals surface area contributed by atoms with Crippen LogP contribution in [-0.4, -0.2) is 18.4 Å². The quantitative estimate of drug-likeness (QED) is 0.416. The van der Waals surface area contributed by atoms with E-state index in [-0.39, 0.29) is 15.8 Å². The van der Waals surface area contributed by atoms with Crippen LogP contribution in [0.25, 0.3) is 11.0 Å². The molecule has 2 N–H and O–H groups in total. The molecule has 4 rings (SSSR count). The number of para-hydroxylation sites is 2. The second kappa shape index (κ2) is 7.56. The Balaban J connectivity index is 1.77. The maximum absolute atomic E-state index is 12.7. The van der Waals surface area contributed by atoms with Crippen molar-refractivity contribution in [3.63, 3.8) is 0 Å². The van der Waals surface area contributed by atoms with E-state index in [2.05, 4.69) is 20.0 Å². The summed E-state index contributed by atoms with van der Waals surface area (Å²) >= 11 is 12.8. The highest BCUT2D eigenvalue weighted by atomic mass is 35.5. The van der Waals surface area contributed by atoms with E-state index in [4.69, 9.17) is 23.2 Å². The molecular formula is C18H12Cl2N4O2S2. The summed E-state index contributed by atoms with van der Waals surface area (Å²) in [6.07, 6.45) is 0. The van der Waals surface area contributed by atoms with Gasteiger partial charge in [-0.05, 0) is 48.5 Å². The number of fused-ring (bicyclic) bond motifs is 1. The molecule has 0 amide bonds. The van der Waals surface area contributed by atoms with Crippen LogP contribution in [0.2, 0.25) is 9.36 Å². The van der Waals surface area contributed by atoms with Gasteiger partial charge in [0.15, 0.2) is 11.6 Å². The number of hydrogen-bond donors (Lipinski definition) is 2. The summed E-state index contributed by atoms with van der Waals surface area (Å²) in [4.78, 5) is 8.96. The molecule has 0 unspecified atom stereocenters. The Morgan fingerprint density at radius 1 is 0.821 bits per heavy atom. The number of nitrogens with zero attached hydrogens (tertiary/aromatic N) is 2. The minimum Gasteiger partial charge on any atom is -0.337 e. The summed E-state index contributed by atoms with van der Waals surface area (Å²) in [5.41, 5.74) is 1.88. The van der Waals surface area contributed by atoms with Crippen LogP contribution in [0.4, 0.5) is 17.3 Å². The van der Waals surface area contributed by atoms with E-state index in [0.717, 1.165) is 11.3 Å². The average Bonchev–Trinajstić information content (AvgIpc) is 3.11. The number of sulfonamides is 1. The van der Waals surface area contributed by atoms with Gasteiger partial charge in [-0.3, -0.25) is 4.72 Å². The van der Waals surface area contributed by atoms with E-state index >= 15 is 0 Å². The van der Waals surface area contributed by atoms with E-state index in [0.29, 0.717) is 26.1 Å². The Kier molecular flexibility index (Phi) is 5.11. The highest BCUT2D eigenvalue weighted by molar-refractivity contribution is 7.94. The van der Waals surface area contributed by atoms with Crippen molar-refractivity contribution in [2.45, 2.75) is 4.21 Å². The number of aromatic nitrogens is 2. The second-order valence-corrected chi connectivity index (χ2v) is 9.77. The van der Waals surface area contributed by atoms with Crippen LogP contribution < -0.4 is 10.0 Å². The van der Waals surface area contributed by atoms with Crippen LogP contribution in [0.1, 0.15) is 0 Å². The summed E-state index contributed by atoms with van der Waals surface area (Å²) in [7, 11) is -3.86. The van der Waals surface area contributed by atoms with Gasteiger partial charge in [0.25, 0.3) is 10.0 Å². The fourth-order valence-electron chi connectivity index (χ4n) is 2.45. The third-order valence-electron chi connectivity index (χ3n) is 3.72. The molecule has 0 radical (unpaired) electrons. The number of thiophene rings is 1. The monoisotopic (exact) mass is 450 g/mol. The number of rotatable bonds is 5. The summed E-state index contributed by atoms with van der Waals surface area (Å²) in [6, 6.07) is 17.1. The van der Waals surface area contributed by atoms with Crippen molar-refractivity contribution in [1.29, 1.82) is 0 Å². The van der Waals surface area contributed by atoms with E-state index in [1.54, 1.807) is 42.5 Å². The van der Waals surface area contributed by atoms with Gasteiger partial charge in [-0.1, -0.05) is 35.3 Å². The first-order valence-corrected chi connectivity index (χ1v) is 11.0. The Labute approximate surface area is 175 Å². The Hall–Kier alpha value is -2.39. The zero-order valence-corrected chi connectivity index (χ0v) is 17.2. The first-order chi connectivity index (χ1) is 13.4. The third kappa shape index (κ3) is 4.05. The summed E-state index contributed by atoms with van der Waals surface area (Å²) in [5.74, 6) is 0.352. The SMILES string of the molecule is O=S(=O)(Nc1nc2ccccc2nc1Nc1ccc(Cl)cc1)c1ccc(Cl)s1. The third-order valence-corrected chi connectivity index (χ3v) is 7.04.